The Morgan fingerprint density at radius 1 is 1.44 bits per heavy atom. The lowest BCUT2D eigenvalue weighted by molar-refractivity contribution is -0.385. The number of nitrogens with one attached hydrogen (secondary N) is 1. The summed E-state index contributed by atoms with van der Waals surface area (Å²) in [5.74, 6) is 0.998. The van der Waals surface area contributed by atoms with Gasteiger partial charge in [-0.3, -0.25) is 10.1 Å². The molecule has 0 aliphatic carbocycles. The second kappa shape index (κ2) is 4.82. The van der Waals surface area contributed by atoms with Crippen LogP contribution >= 0.6 is 0 Å². The molecule has 94 valence electrons. The molecule has 7 heteroatoms. The van der Waals surface area contributed by atoms with Crippen molar-refractivity contribution in [3.05, 3.63) is 45.6 Å². The molecule has 2 rings (SSSR count). The summed E-state index contributed by atoms with van der Waals surface area (Å²) >= 11 is 0. The van der Waals surface area contributed by atoms with Crippen molar-refractivity contribution in [3.63, 3.8) is 0 Å². The van der Waals surface area contributed by atoms with Crippen molar-refractivity contribution >= 4 is 11.4 Å². The number of anilines is 1. The van der Waals surface area contributed by atoms with Crippen molar-refractivity contribution in [3.8, 4) is 0 Å². The van der Waals surface area contributed by atoms with E-state index < -0.39 is 4.92 Å². The number of nitro benzene ring substituents is 1. The van der Waals surface area contributed by atoms with Crippen molar-refractivity contribution < 1.29 is 9.45 Å². The molecule has 2 aromatic rings. The maximum absolute atomic E-state index is 10.8. The Balaban J connectivity index is 2.10. The Labute approximate surface area is 103 Å². The van der Waals surface area contributed by atoms with E-state index in [0.29, 0.717) is 29.5 Å². The number of rotatable bonds is 4. The van der Waals surface area contributed by atoms with Gasteiger partial charge in [0.25, 0.3) is 5.69 Å². The van der Waals surface area contributed by atoms with Gasteiger partial charge < -0.3 is 9.84 Å². The van der Waals surface area contributed by atoms with E-state index in [1.807, 2.05) is 0 Å². The molecule has 0 aliphatic heterocycles. The van der Waals surface area contributed by atoms with Crippen LogP contribution in [0.3, 0.4) is 0 Å². The summed E-state index contributed by atoms with van der Waals surface area (Å²) in [7, 11) is 0. The zero-order chi connectivity index (χ0) is 13.1. The van der Waals surface area contributed by atoms with Crippen molar-refractivity contribution in [2.24, 2.45) is 0 Å². The maximum Gasteiger partial charge on any atom is 0.274 e. The van der Waals surface area contributed by atoms with E-state index in [0.717, 1.165) is 0 Å². The van der Waals surface area contributed by atoms with Crippen molar-refractivity contribution in [2.45, 2.75) is 20.4 Å². The molecule has 1 aromatic carbocycles. The van der Waals surface area contributed by atoms with Gasteiger partial charge in [0.05, 0.1) is 11.5 Å². The van der Waals surface area contributed by atoms with Crippen LogP contribution in [0.4, 0.5) is 11.4 Å². The zero-order valence-electron chi connectivity index (χ0n) is 10.0. The predicted molar refractivity (Wildman–Crippen MR) is 64.2 cm³/mol. The first-order valence-corrected chi connectivity index (χ1v) is 5.34. The molecule has 0 aliphatic rings. The van der Waals surface area contributed by atoms with Gasteiger partial charge in [0.15, 0.2) is 5.82 Å². The summed E-state index contributed by atoms with van der Waals surface area (Å²) < 4.78 is 4.93. The summed E-state index contributed by atoms with van der Waals surface area (Å²) in [5.41, 5.74) is 1.35. The highest BCUT2D eigenvalue weighted by atomic mass is 16.6. The third-order valence-corrected chi connectivity index (χ3v) is 2.42. The van der Waals surface area contributed by atoms with Gasteiger partial charge >= 0.3 is 0 Å². The van der Waals surface area contributed by atoms with Crippen LogP contribution in [0.25, 0.3) is 0 Å². The van der Waals surface area contributed by atoms with E-state index in [-0.39, 0.29) is 5.69 Å². The fourth-order valence-electron chi connectivity index (χ4n) is 1.51. The average molecular weight is 248 g/mol. The van der Waals surface area contributed by atoms with Gasteiger partial charge in [0, 0.05) is 17.3 Å². The number of nitro groups is 1. The number of nitrogens with zero attached hydrogens (tertiary/aromatic N) is 3. The van der Waals surface area contributed by atoms with Crippen LogP contribution in [0.5, 0.6) is 0 Å². The molecule has 0 amide bonds. The summed E-state index contributed by atoms with van der Waals surface area (Å²) in [4.78, 5) is 14.4. The predicted octanol–water partition coefficient (Wildman–Crippen LogP) is 2.21. The molecular formula is C11H12N4O3. The Hall–Kier alpha value is -2.44. The summed E-state index contributed by atoms with van der Waals surface area (Å²) in [6.45, 7) is 3.76. The molecule has 0 bridgehead atoms. The van der Waals surface area contributed by atoms with E-state index in [1.54, 1.807) is 26.0 Å². The van der Waals surface area contributed by atoms with E-state index in [4.69, 9.17) is 4.52 Å². The van der Waals surface area contributed by atoms with Crippen LogP contribution in [0.1, 0.15) is 17.3 Å². The molecule has 1 aromatic heterocycles. The number of benzene rings is 1. The first-order valence-electron chi connectivity index (χ1n) is 5.34. The minimum atomic E-state index is -0.405. The standard InChI is InChI=1S/C11H12N4O3/c1-7-3-4-9(5-10(7)15(16)17)12-6-11-13-8(2)14-18-11/h3-5,12H,6H2,1-2H3. The topological polar surface area (TPSA) is 94.1 Å². The molecule has 0 saturated carbocycles. The molecule has 18 heavy (non-hydrogen) atoms. The minimum Gasteiger partial charge on any atom is -0.376 e. The quantitative estimate of drug-likeness (QED) is 0.658. The lowest BCUT2D eigenvalue weighted by Gasteiger charge is -2.04. The van der Waals surface area contributed by atoms with Gasteiger partial charge in [-0.15, -0.1) is 0 Å². The minimum absolute atomic E-state index is 0.0849. The normalized spacial score (nSPS) is 10.3. The third-order valence-electron chi connectivity index (χ3n) is 2.42. The Bertz CT molecular complexity index is 579. The van der Waals surface area contributed by atoms with Crippen LogP contribution in [-0.2, 0) is 6.54 Å². The second-order valence-corrected chi connectivity index (χ2v) is 3.85. The number of aromatic nitrogens is 2. The third kappa shape index (κ3) is 2.62. The molecular weight excluding hydrogens is 236 g/mol. The number of aryl methyl sites for hydroxylation is 2. The van der Waals surface area contributed by atoms with Gasteiger partial charge in [-0.05, 0) is 19.9 Å². The van der Waals surface area contributed by atoms with Crippen LogP contribution in [0.2, 0.25) is 0 Å². The average Bonchev–Trinajstić information content (AvgIpc) is 2.74. The van der Waals surface area contributed by atoms with Gasteiger partial charge in [-0.2, -0.15) is 4.98 Å². The molecule has 0 atom stereocenters. The van der Waals surface area contributed by atoms with Crippen LogP contribution in [0.15, 0.2) is 22.7 Å². The fourth-order valence-corrected chi connectivity index (χ4v) is 1.51. The van der Waals surface area contributed by atoms with Crippen molar-refractivity contribution in [2.75, 3.05) is 5.32 Å². The lowest BCUT2D eigenvalue weighted by atomic mass is 10.2. The number of hydrogen-bond acceptors (Lipinski definition) is 6. The summed E-state index contributed by atoms with van der Waals surface area (Å²) in [6.07, 6.45) is 0. The van der Waals surface area contributed by atoms with E-state index in [1.165, 1.54) is 6.07 Å². The Morgan fingerprint density at radius 3 is 2.83 bits per heavy atom. The first kappa shape index (κ1) is 12.0. The van der Waals surface area contributed by atoms with E-state index in [2.05, 4.69) is 15.5 Å². The molecule has 0 fully saturated rings. The van der Waals surface area contributed by atoms with Gasteiger partial charge in [-0.25, -0.2) is 0 Å². The largest absolute Gasteiger partial charge is 0.376 e. The molecule has 1 N–H and O–H groups in total. The van der Waals surface area contributed by atoms with Crippen molar-refractivity contribution in [1.29, 1.82) is 0 Å². The van der Waals surface area contributed by atoms with Gasteiger partial charge in [-0.1, -0.05) is 11.2 Å². The highest BCUT2D eigenvalue weighted by Crippen LogP contribution is 2.22. The monoisotopic (exact) mass is 248 g/mol. The Kier molecular flexibility index (Phi) is 3.22. The number of hydrogen-bond donors (Lipinski definition) is 1. The van der Waals surface area contributed by atoms with Gasteiger partial charge in [0.1, 0.15) is 0 Å². The first-order chi connectivity index (χ1) is 8.56. The highest BCUT2D eigenvalue weighted by Gasteiger charge is 2.11. The van der Waals surface area contributed by atoms with Crippen LogP contribution < -0.4 is 5.32 Å². The van der Waals surface area contributed by atoms with Gasteiger partial charge in [0.2, 0.25) is 5.89 Å². The smallest absolute Gasteiger partial charge is 0.274 e. The molecule has 1 heterocycles. The maximum atomic E-state index is 10.8. The van der Waals surface area contributed by atoms with Crippen LogP contribution in [-0.4, -0.2) is 15.1 Å². The van der Waals surface area contributed by atoms with Crippen molar-refractivity contribution in [1.82, 2.24) is 10.1 Å². The van der Waals surface area contributed by atoms with E-state index in [9.17, 15) is 10.1 Å². The van der Waals surface area contributed by atoms with Crippen LogP contribution in [0, 0.1) is 24.0 Å². The lowest BCUT2D eigenvalue weighted by Crippen LogP contribution is -2.01. The fraction of sp³-hybridized carbons (Fsp3) is 0.273. The molecule has 0 radical (unpaired) electrons. The molecule has 0 spiro atoms. The molecule has 0 unspecified atom stereocenters. The van der Waals surface area contributed by atoms with E-state index >= 15 is 0 Å². The zero-order valence-corrected chi connectivity index (χ0v) is 10.0. The Morgan fingerprint density at radius 2 is 2.22 bits per heavy atom. The molecule has 0 saturated heterocycles. The summed E-state index contributed by atoms with van der Waals surface area (Å²) in [6, 6.07) is 4.95. The summed E-state index contributed by atoms with van der Waals surface area (Å²) in [5, 5.41) is 17.4. The SMILES string of the molecule is Cc1noc(CNc2ccc(C)c([N+](=O)[O-])c2)n1. The second-order valence-electron chi connectivity index (χ2n) is 3.85. The highest BCUT2D eigenvalue weighted by molar-refractivity contribution is 5.54. The molecule has 7 nitrogen and oxygen atoms in total.